The molecule has 0 aromatic carbocycles. The summed E-state index contributed by atoms with van der Waals surface area (Å²) in [4.78, 5) is 27.9. The van der Waals surface area contributed by atoms with Gasteiger partial charge in [0.15, 0.2) is 0 Å². The van der Waals surface area contributed by atoms with Gasteiger partial charge in [-0.05, 0) is 37.3 Å². The van der Waals surface area contributed by atoms with Crippen molar-refractivity contribution in [2.75, 3.05) is 16.8 Å². The second-order valence-electron chi connectivity index (χ2n) is 8.77. The molecule has 2 aromatic rings. The lowest BCUT2D eigenvalue weighted by molar-refractivity contribution is 0.251. The summed E-state index contributed by atoms with van der Waals surface area (Å²) in [5.74, 6) is 1.45. The number of halogens is 1. The zero-order valence-electron chi connectivity index (χ0n) is 17.6. The van der Waals surface area contributed by atoms with Crippen LogP contribution in [-0.4, -0.2) is 38.1 Å². The van der Waals surface area contributed by atoms with E-state index in [1.807, 2.05) is 18.5 Å². The molecule has 2 N–H and O–H groups in total. The molecule has 2 amide bonds. The van der Waals surface area contributed by atoms with E-state index in [-0.39, 0.29) is 23.7 Å². The van der Waals surface area contributed by atoms with Crippen molar-refractivity contribution in [3.05, 3.63) is 53.7 Å². The van der Waals surface area contributed by atoms with Crippen molar-refractivity contribution in [3.63, 3.8) is 0 Å². The summed E-state index contributed by atoms with van der Waals surface area (Å²) < 4.78 is 2.12. The molecule has 2 aliphatic carbocycles. The van der Waals surface area contributed by atoms with Gasteiger partial charge in [0.1, 0.15) is 5.82 Å². The first-order valence-electron chi connectivity index (χ1n) is 10.7. The fraction of sp³-hybridized carbons (Fsp3) is 0.455. The fourth-order valence-corrected chi connectivity index (χ4v) is 4.39. The van der Waals surface area contributed by atoms with Gasteiger partial charge in [0.2, 0.25) is 5.95 Å². The van der Waals surface area contributed by atoms with Gasteiger partial charge in [0.25, 0.3) is 0 Å². The van der Waals surface area contributed by atoms with Crippen molar-refractivity contribution in [1.29, 1.82) is 0 Å². The molecule has 162 valence electrons. The third-order valence-corrected chi connectivity index (χ3v) is 6.56. The molecule has 9 heteroatoms. The van der Waals surface area contributed by atoms with E-state index in [0.29, 0.717) is 24.2 Å². The summed E-state index contributed by atoms with van der Waals surface area (Å²) >= 11 is 6.04. The maximum atomic E-state index is 12.4. The molecular formula is C22H26ClN7O. The average molecular weight is 440 g/mol. The predicted octanol–water partition coefficient (Wildman–Crippen LogP) is 3.95. The molecule has 1 aliphatic heterocycles. The number of aromatic nitrogens is 4. The van der Waals surface area contributed by atoms with Gasteiger partial charge in [-0.3, -0.25) is 4.90 Å². The number of hydrogen-bond acceptors (Lipinski definition) is 5. The molecule has 1 saturated carbocycles. The van der Waals surface area contributed by atoms with Crippen molar-refractivity contribution in [2.24, 2.45) is 5.92 Å². The Kier molecular flexibility index (Phi) is 4.97. The molecule has 0 radical (unpaired) electrons. The average Bonchev–Trinajstić information content (AvgIpc) is 3.18. The molecule has 5 rings (SSSR count). The number of anilines is 2. The fourth-order valence-electron chi connectivity index (χ4n) is 4.22. The molecule has 8 nitrogen and oxygen atoms in total. The zero-order valence-corrected chi connectivity index (χ0v) is 18.4. The highest BCUT2D eigenvalue weighted by molar-refractivity contribution is 6.31. The van der Waals surface area contributed by atoms with E-state index in [2.05, 4.69) is 56.3 Å². The number of carbonyl (C=O) groups excluding carboxylic acids is 1. The van der Waals surface area contributed by atoms with Gasteiger partial charge in [-0.1, -0.05) is 37.6 Å². The largest absolute Gasteiger partial charge is 0.343 e. The smallest absolute Gasteiger partial charge is 0.323 e. The first-order valence-corrected chi connectivity index (χ1v) is 11.1. The molecule has 2 aromatic heterocycles. The van der Waals surface area contributed by atoms with Crippen molar-refractivity contribution in [2.45, 2.75) is 50.7 Å². The Hall–Kier alpha value is -2.87. The first-order chi connectivity index (χ1) is 14.9. The number of hydrogen-bond donors (Lipinski definition) is 2. The van der Waals surface area contributed by atoms with Crippen LogP contribution in [0.1, 0.15) is 44.8 Å². The summed E-state index contributed by atoms with van der Waals surface area (Å²) in [6.07, 6.45) is 14.5. The minimum absolute atomic E-state index is 0.0759. The number of nitrogens with zero attached hydrogens (tertiary/aromatic N) is 5. The van der Waals surface area contributed by atoms with E-state index < -0.39 is 0 Å². The summed E-state index contributed by atoms with van der Waals surface area (Å²) in [5, 5.41) is 7.18. The van der Waals surface area contributed by atoms with E-state index in [1.165, 1.54) is 0 Å². The summed E-state index contributed by atoms with van der Waals surface area (Å²) in [6, 6.07) is 1.97. The van der Waals surface area contributed by atoms with E-state index in [4.69, 9.17) is 11.6 Å². The van der Waals surface area contributed by atoms with Crippen LogP contribution in [0.25, 0.3) is 0 Å². The normalized spacial score (nSPS) is 24.3. The first kappa shape index (κ1) is 20.1. The number of imidazole rings is 1. The lowest BCUT2D eigenvalue weighted by Crippen LogP contribution is -2.38. The van der Waals surface area contributed by atoms with Crippen LogP contribution in [0.15, 0.2) is 48.0 Å². The number of allylic oxidation sites excluding steroid dienone is 4. The lowest BCUT2D eigenvalue weighted by Gasteiger charge is -2.25. The molecule has 1 saturated heterocycles. The van der Waals surface area contributed by atoms with Crippen LogP contribution in [0.3, 0.4) is 0 Å². The van der Waals surface area contributed by atoms with Gasteiger partial charge in [-0.25, -0.2) is 14.8 Å². The molecular weight excluding hydrogens is 414 g/mol. The summed E-state index contributed by atoms with van der Waals surface area (Å²) in [6.45, 7) is 4.85. The Morgan fingerprint density at radius 1 is 1.32 bits per heavy atom. The minimum atomic E-state index is -0.263. The molecule has 2 fully saturated rings. The van der Waals surface area contributed by atoms with Crippen LogP contribution in [0.4, 0.5) is 16.6 Å². The molecule has 2 atom stereocenters. The Balaban J connectivity index is 1.34. The number of urea groups is 1. The van der Waals surface area contributed by atoms with Crippen molar-refractivity contribution in [3.8, 4) is 0 Å². The topological polar surface area (TPSA) is 88.0 Å². The highest BCUT2D eigenvalue weighted by atomic mass is 35.5. The third-order valence-electron chi connectivity index (χ3n) is 6.28. The summed E-state index contributed by atoms with van der Waals surface area (Å²) in [5.41, 5.74) is 0.718. The Labute approximate surface area is 186 Å². The van der Waals surface area contributed by atoms with E-state index in [9.17, 15) is 4.79 Å². The van der Waals surface area contributed by atoms with Crippen LogP contribution in [0.2, 0.25) is 0 Å². The van der Waals surface area contributed by atoms with E-state index in [0.717, 1.165) is 30.0 Å². The van der Waals surface area contributed by atoms with Gasteiger partial charge < -0.3 is 15.2 Å². The zero-order chi connectivity index (χ0) is 21.6. The quantitative estimate of drug-likeness (QED) is 0.711. The number of nitrogens with one attached hydrogen (secondary N) is 2. The van der Waals surface area contributed by atoms with Crippen LogP contribution in [0.5, 0.6) is 0 Å². The predicted molar refractivity (Wildman–Crippen MR) is 120 cm³/mol. The van der Waals surface area contributed by atoms with Crippen LogP contribution in [0, 0.1) is 5.92 Å². The number of carbonyl (C=O) groups is 1. The van der Waals surface area contributed by atoms with E-state index in [1.54, 1.807) is 17.2 Å². The van der Waals surface area contributed by atoms with Gasteiger partial charge in [0.05, 0.1) is 29.6 Å². The molecule has 3 heterocycles. The standard InChI is InChI=1S/C22H26ClN7O/c1-14(2)17-11-25-21(31)30(17)19-7-10-24-20(27-19)28-22(8-9-22)18-12-29(13-26-18)16-5-3-15(23)4-6-16/h3-5,7,10,12-14,16-17H,6,8-9,11H2,1-2H3,(H,25,31)(H,24,27,28)/t16?,17-/m1/s1. The Morgan fingerprint density at radius 3 is 2.87 bits per heavy atom. The van der Waals surface area contributed by atoms with Gasteiger partial charge >= 0.3 is 6.03 Å². The Morgan fingerprint density at radius 2 is 2.16 bits per heavy atom. The van der Waals surface area contributed by atoms with Crippen LogP contribution < -0.4 is 15.5 Å². The van der Waals surface area contributed by atoms with E-state index >= 15 is 0 Å². The molecule has 0 bridgehead atoms. The van der Waals surface area contributed by atoms with Crippen molar-refractivity contribution in [1.82, 2.24) is 24.8 Å². The number of rotatable bonds is 6. The Bertz CT molecular complexity index is 1060. The highest BCUT2D eigenvalue weighted by Gasteiger charge is 2.47. The maximum Gasteiger partial charge on any atom is 0.323 e. The van der Waals surface area contributed by atoms with Gasteiger partial charge in [-0.2, -0.15) is 4.98 Å². The maximum absolute atomic E-state index is 12.4. The second-order valence-corrected chi connectivity index (χ2v) is 9.21. The second kappa shape index (κ2) is 7.67. The molecule has 1 unspecified atom stereocenters. The SMILES string of the molecule is CC(C)[C@H]1CNC(=O)N1c1ccnc(NC2(c3cn(C4C=CC(Cl)=CC4)cn3)CC2)n1. The minimum Gasteiger partial charge on any atom is -0.343 e. The van der Waals surface area contributed by atoms with Crippen LogP contribution in [-0.2, 0) is 5.54 Å². The molecule has 31 heavy (non-hydrogen) atoms. The van der Waals surface area contributed by atoms with Crippen molar-refractivity contribution < 1.29 is 4.79 Å². The van der Waals surface area contributed by atoms with Crippen LogP contribution >= 0.6 is 11.6 Å². The monoisotopic (exact) mass is 439 g/mol. The number of amides is 2. The summed E-state index contributed by atoms with van der Waals surface area (Å²) in [7, 11) is 0. The highest BCUT2D eigenvalue weighted by Crippen LogP contribution is 2.47. The van der Waals surface area contributed by atoms with Gasteiger partial charge in [-0.15, -0.1) is 0 Å². The lowest BCUT2D eigenvalue weighted by atomic mass is 10.0. The molecule has 0 spiro atoms. The third kappa shape index (κ3) is 3.80. The molecule has 3 aliphatic rings. The van der Waals surface area contributed by atoms with Crippen molar-refractivity contribution >= 4 is 29.4 Å². The van der Waals surface area contributed by atoms with Gasteiger partial charge in [0, 0.05) is 24.0 Å².